The third-order valence-corrected chi connectivity index (χ3v) is 3.39. The SMILES string of the molecule is COc1cc(NC(=O)c2cc(-c3cccnc3)n[nH]2)cc(OC)c1. The van der Waals surface area contributed by atoms with Gasteiger partial charge in [0.1, 0.15) is 17.2 Å². The number of ether oxygens (including phenoxy) is 2. The molecule has 0 spiro atoms. The molecule has 0 aliphatic rings. The lowest BCUT2D eigenvalue weighted by Gasteiger charge is -2.09. The van der Waals surface area contributed by atoms with Crippen LogP contribution in [0.5, 0.6) is 11.5 Å². The fourth-order valence-electron chi connectivity index (χ4n) is 2.18. The highest BCUT2D eigenvalue weighted by molar-refractivity contribution is 6.03. The molecule has 2 heterocycles. The normalized spacial score (nSPS) is 10.2. The summed E-state index contributed by atoms with van der Waals surface area (Å²) >= 11 is 0. The van der Waals surface area contributed by atoms with E-state index in [9.17, 15) is 4.79 Å². The predicted molar refractivity (Wildman–Crippen MR) is 89.3 cm³/mol. The fourth-order valence-corrected chi connectivity index (χ4v) is 2.18. The second-order valence-electron chi connectivity index (χ2n) is 4.96. The molecule has 1 amide bonds. The summed E-state index contributed by atoms with van der Waals surface area (Å²) in [5.74, 6) is 0.864. The number of amides is 1. The number of carbonyl (C=O) groups excluding carboxylic acids is 1. The number of nitrogens with zero attached hydrogens (tertiary/aromatic N) is 2. The van der Waals surface area contributed by atoms with Crippen molar-refractivity contribution < 1.29 is 14.3 Å². The van der Waals surface area contributed by atoms with Crippen molar-refractivity contribution in [1.29, 1.82) is 0 Å². The number of aromatic nitrogens is 3. The van der Waals surface area contributed by atoms with Crippen LogP contribution in [0.2, 0.25) is 0 Å². The first-order valence-electron chi connectivity index (χ1n) is 7.20. The van der Waals surface area contributed by atoms with E-state index in [4.69, 9.17) is 9.47 Å². The maximum atomic E-state index is 12.4. The summed E-state index contributed by atoms with van der Waals surface area (Å²) in [7, 11) is 3.10. The first-order valence-corrected chi connectivity index (χ1v) is 7.20. The number of aromatic amines is 1. The standard InChI is InChI=1S/C17H16N4O3/c1-23-13-6-12(7-14(8-13)24-2)19-17(22)16-9-15(20-21-16)11-4-3-5-18-10-11/h3-10H,1-2H3,(H,19,22)(H,20,21). The lowest BCUT2D eigenvalue weighted by molar-refractivity contribution is 0.102. The van der Waals surface area contributed by atoms with E-state index in [1.165, 1.54) is 0 Å². The molecule has 0 bridgehead atoms. The van der Waals surface area contributed by atoms with Crippen molar-refractivity contribution >= 4 is 11.6 Å². The summed E-state index contributed by atoms with van der Waals surface area (Å²) in [5, 5.41) is 9.66. The number of hydrogen-bond acceptors (Lipinski definition) is 5. The summed E-state index contributed by atoms with van der Waals surface area (Å²) in [5.41, 5.74) is 2.39. The minimum absolute atomic E-state index is 0.312. The minimum Gasteiger partial charge on any atom is -0.497 e. The number of rotatable bonds is 5. The van der Waals surface area contributed by atoms with Crippen LogP contribution < -0.4 is 14.8 Å². The Kier molecular flexibility index (Phi) is 4.42. The van der Waals surface area contributed by atoms with Gasteiger partial charge in [0.05, 0.1) is 19.9 Å². The van der Waals surface area contributed by atoms with Crippen LogP contribution in [0.3, 0.4) is 0 Å². The van der Waals surface area contributed by atoms with Gasteiger partial charge in [0, 0.05) is 41.8 Å². The second-order valence-corrected chi connectivity index (χ2v) is 4.96. The summed E-state index contributed by atoms with van der Waals surface area (Å²) in [6.07, 6.45) is 3.37. The molecule has 0 fully saturated rings. The van der Waals surface area contributed by atoms with E-state index in [0.29, 0.717) is 28.6 Å². The van der Waals surface area contributed by atoms with Gasteiger partial charge in [0.15, 0.2) is 0 Å². The summed E-state index contributed by atoms with van der Waals surface area (Å²) in [4.78, 5) is 16.4. The minimum atomic E-state index is -0.312. The number of H-pyrrole nitrogens is 1. The molecular formula is C17H16N4O3. The molecular weight excluding hydrogens is 308 g/mol. The number of methoxy groups -OCH3 is 2. The van der Waals surface area contributed by atoms with E-state index < -0.39 is 0 Å². The Balaban J connectivity index is 1.80. The average Bonchev–Trinajstić information content (AvgIpc) is 3.12. The van der Waals surface area contributed by atoms with Crippen LogP contribution in [0, 0.1) is 0 Å². The third kappa shape index (κ3) is 3.35. The molecule has 7 heteroatoms. The van der Waals surface area contributed by atoms with Crippen LogP contribution in [-0.2, 0) is 0 Å². The highest BCUT2D eigenvalue weighted by Gasteiger charge is 2.12. The van der Waals surface area contributed by atoms with E-state index in [2.05, 4.69) is 20.5 Å². The Morgan fingerprint density at radius 1 is 1.12 bits per heavy atom. The zero-order chi connectivity index (χ0) is 16.9. The summed E-state index contributed by atoms with van der Waals surface area (Å²) in [6, 6.07) is 10.5. The van der Waals surface area contributed by atoms with Gasteiger partial charge in [-0.25, -0.2) is 0 Å². The van der Waals surface area contributed by atoms with Crippen molar-refractivity contribution in [3.8, 4) is 22.8 Å². The van der Waals surface area contributed by atoms with Gasteiger partial charge in [-0.05, 0) is 18.2 Å². The molecule has 3 aromatic rings. The molecule has 0 saturated carbocycles. The first kappa shape index (κ1) is 15.5. The highest BCUT2D eigenvalue weighted by Crippen LogP contribution is 2.26. The number of nitrogens with one attached hydrogen (secondary N) is 2. The number of pyridine rings is 1. The molecule has 2 aromatic heterocycles. The lowest BCUT2D eigenvalue weighted by atomic mass is 10.2. The van der Waals surface area contributed by atoms with Crippen LogP contribution >= 0.6 is 0 Å². The summed E-state index contributed by atoms with van der Waals surface area (Å²) in [6.45, 7) is 0. The van der Waals surface area contributed by atoms with Gasteiger partial charge in [-0.15, -0.1) is 0 Å². The van der Waals surface area contributed by atoms with Crippen molar-refractivity contribution in [1.82, 2.24) is 15.2 Å². The van der Waals surface area contributed by atoms with Crippen molar-refractivity contribution in [2.75, 3.05) is 19.5 Å². The Labute approximate surface area is 138 Å². The van der Waals surface area contributed by atoms with Crippen molar-refractivity contribution in [2.24, 2.45) is 0 Å². The smallest absolute Gasteiger partial charge is 0.273 e. The predicted octanol–water partition coefficient (Wildman–Crippen LogP) is 2.74. The third-order valence-electron chi connectivity index (χ3n) is 3.39. The van der Waals surface area contributed by atoms with Crippen LogP contribution in [0.4, 0.5) is 5.69 Å². The topological polar surface area (TPSA) is 89.1 Å². The van der Waals surface area contributed by atoms with E-state index in [1.54, 1.807) is 50.9 Å². The number of hydrogen-bond donors (Lipinski definition) is 2. The lowest BCUT2D eigenvalue weighted by Crippen LogP contribution is -2.12. The van der Waals surface area contributed by atoms with Crippen LogP contribution in [-0.4, -0.2) is 35.3 Å². The molecule has 0 saturated heterocycles. The monoisotopic (exact) mass is 324 g/mol. The first-order chi connectivity index (χ1) is 11.7. The molecule has 0 aliphatic carbocycles. The Morgan fingerprint density at radius 3 is 2.50 bits per heavy atom. The van der Waals surface area contributed by atoms with Gasteiger partial charge < -0.3 is 14.8 Å². The second kappa shape index (κ2) is 6.82. The molecule has 0 aliphatic heterocycles. The number of anilines is 1. The Hall–Kier alpha value is -3.35. The zero-order valence-corrected chi connectivity index (χ0v) is 13.2. The molecule has 0 radical (unpaired) electrons. The van der Waals surface area contributed by atoms with E-state index in [-0.39, 0.29) is 5.91 Å². The molecule has 2 N–H and O–H groups in total. The maximum absolute atomic E-state index is 12.4. The van der Waals surface area contributed by atoms with Crippen molar-refractivity contribution in [2.45, 2.75) is 0 Å². The van der Waals surface area contributed by atoms with Gasteiger partial charge in [-0.3, -0.25) is 14.9 Å². The quantitative estimate of drug-likeness (QED) is 0.753. The van der Waals surface area contributed by atoms with Crippen molar-refractivity contribution in [3.05, 3.63) is 54.5 Å². The van der Waals surface area contributed by atoms with E-state index in [1.807, 2.05) is 12.1 Å². The molecule has 3 rings (SSSR count). The fraction of sp³-hybridized carbons (Fsp3) is 0.118. The van der Waals surface area contributed by atoms with Crippen molar-refractivity contribution in [3.63, 3.8) is 0 Å². The molecule has 24 heavy (non-hydrogen) atoms. The van der Waals surface area contributed by atoms with Crippen LogP contribution in [0.1, 0.15) is 10.5 Å². The van der Waals surface area contributed by atoms with Gasteiger partial charge in [0.2, 0.25) is 0 Å². The van der Waals surface area contributed by atoms with Crippen LogP contribution in [0.15, 0.2) is 48.8 Å². The molecule has 7 nitrogen and oxygen atoms in total. The van der Waals surface area contributed by atoms with Gasteiger partial charge in [-0.1, -0.05) is 0 Å². The molecule has 1 aromatic carbocycles. The summed E-state index contributed by atoms with van der Waals surface area (Å²) < 4.78 is 10.4. The average molecular weight is 324 g/mol. The zero-order valence-electron chi connectivity index (χ0n) is 13.2. The molecule has 122 valence electrons. The number of benzene rings is 1. The van der Waals surface area contributed by atoms with Gasteiger partial charge in [-0.2, -0.15) is 5.10 Å². The molecule has 0 unspecified atom stereocenters. The van der Waals surface area contributed by atoms with E-state index >= 15 is 0 Å². The molecule has 0 atom stereocenters. The maximum Gasteiger partial charge on any atom is 0.273 e. The highest BCUT2D eigenvalue weighted by atomic mass is 16.5. The van der Waals surface area contributed by atoms with Crippen LogP contribution in [0.25, 0.3) is 11.3 Å². The van der Waals surface area contributed by atoms with Gasteiger partial charge in [0.25, 0.3) is 5.91 Å². The number of carbonyl (C=O) groups is 1. The largest absolute Gasteiger partial charge is 0.497 e. The Morgan fingerprint density at radius 2 is 1.88 bits per heavy atom. The Bertz CT molecular complexity index is 824. The van der Waals surface area contributed by atoms with E-state index in [0.717, 1.165) is 5.56 Å². The van der Waals surface area contributed by atoms with Gasteiger partial charge >= 0.3 is 0 Å².